The Hall–Kier alpha value is -4.40. The van der Waals surface area contributed by atoms with Gasteiger partial charge in [0.05, 0.1) is 60.8 Å². The number of carbonyl (C=O) groups is 6. The fraction of sp³-hybridized carbons (Fsp3) is 0.673. The molecule has 1 heterocycles. The Morgan fingerprint density at radius 1 is 0.905 bits per heavy atom. The van der Waals surface area contributed by atoms with Crippen LogP contribution in [-0.4, -0.2) is 141 Å². The summed E-state index contributed by atoms with van der Waals surface area (Å²) in [6, 6.07) is 4.34. The molecule has 0 bridgehead atoms. The summed E-state index contributed by atoms with van der Waals surface area (Å²) < 4.78 is 18.0. The number of ketones is 1. The number of likely N-dealkylation sites (N-methyl/N-ethyl adjacent to an activating group) is 2. The molecule has 0 saturated carbocycles. The first kappa shape index (κ1) is 56.6. The standard InChI is InChI=1S/C47H75N5O9.C2H6/c1-15-18-20-34(17-3)44(61-47(58)36-24-22-35(23-25-36)33(9)53)32(8)49-45(56)31(7)43(60-14)37-21-19-26-52(37)39(54)27-38(59-13)42(30(6)16-2)51(12)40(55)28-48-46(57)41(29(4)5)50(10)11;1-2/h17-18,20,22-25,29-32,37-38,41-44H,15-16,19,21,26-28H2,1-14H3,(H,48,57)(H,49,56);1-2H3/b20-18-,34-17+;. The number of methoxy groups -OCH3 is 2. The Labute approximate surface area is 378 Å². The first-order valence-electron chi connectivity index (χ1n) is 22.8. The Kier molecular flexibility index (Phi) is 25.5. The molecule has 9 atom stereocenters. The molecule has 0 radical (unpaired) electrons. The van der Waals surface area contributed by atoms with Crippen LogP contribution < -0.4 is 10.6 Å². The lowest BCUT2D eigenvalue weighted by Crippen LogP contribution is -2.55. The van der Waals surface area contributed by atoms with Crippen LogP contribution in [0, 0.1) is 17.8 Å². The second-order valence-electron chi connectivity index (χ2n) is 16.9. The topological polar surface area (TPSA) is 164 Å². The highest BCUT2D eigenvalue weighted by Crippen LogP contribution is 2.30. The SMILES string of the molecule is C/C=C(\C=C/CC)C(OC(=O)c1ccc(C(C)=O)cc1)C(C)NC(=O)C(C)C(OC)C1CCCN1C(=O)CC(OC)C(C(C)CC)N(C)C(=O)CNC(=O)C(C(C)C)N(C)C.CC. The molecule has 1 saturated heterocycles. The van der Waals surface area contributed by atoms with Crippen molar-refractivity contribution in [1.82, 2.24) is 25.3 Å². The molecular formula is C49H81N5O9. The van der Waals surface area contributed by atoms with Crippen molar-refractivity contribution in [3.63, 3.8) is 0 Å². The Morgan fingerprint density at radius 2 is 1.51 bits per heavy atom. The molecule has 1 aliphatic rings. The highest BCUT2D eigenvalue weighted by molar-refractivity contribution is 5.96. The third kappa shape index (κ3) is 16.3. The number of ether oxygens (including phenoxy) is 3. The Morgan fingerprint density at radius 3 is 2.00 bits per heavy atom. The maximum absolute atomic E-state index is 14.2. The van der Waals surface area contributed by atoms with E-state index in [1.165, 1.54) is 21.1 Å². The average Bonchev–Trinajstić information content (AvgIpc) is 3.75. The third-order valence-corrected chi connectivity index (χ3v) is 12.0. The Balaban J connectivity index is 0.00000977. The molecule has 1 aliphatic heterocycles. The molecule has 63 heavy (non-hydrogen) atoms. The van der Waals surface area contributed by atoms with E-state index in [0.717, 1.165) is 19.3 Å². The van der Waals surface area contributed by atoms with Gasteiger partial charge in [-0.05, 0) is 83.7 Å². The van der Waals surface area contributed by atoms with E-state index >= 15 is 0 Å². The summed E-state index contributed by atoms with van der Waals surface area (Å²) in [5.74, 6) is -2.41. The number of hydrogen-bond acceptors (Lipinski definition) is 10. The van der Waals surface area contributed by atoms with Crippen LogP contribution >= 0.6 is 0 Å². The van der Waals surface area contributed by atoms with Gasteiger partial charge in [0.15, 0.2) is 5.78 Å². The first-order valence-corrected chi connectivity index (χ1v) is 22.8. The molecule has 1 fully saturated rings. The summed E-state index contributed by atoms with van der Waals surface area (Å²) in [6.45, 7) is 21.1. The van der Waals surface area contributed by atoms with Crippen molar-refractivity contribution in [3.8, 4) is 0 Å². The minimum atomic E-state index is -0.838. The summed E-state index contributed by atoms with van der Waals surface area (Å²) in [6.07, 6.45) is 6.35. The number of esters is 1. The van der Waals surface area contributed by atoms with Crippen LogP contribution in [0.25, 0.3) is 0 Å². The third-order valence-electron chi connectivity index (χ3n) is 12.0. The molecule has 0 spiro atoms. The van der Waals surface area contributed by atoms with E-state index in [2.05, 4.69) is 10.6 Å². The van der Waals surface area contributed by atoms with Crippen molar-refractivity contribution < 1.29 is 43.0 Å². The number of hydrogen-bond donors (Lipinski definition) is 2. The fourth-order valence-corrected chi connectivity index (χ4v) is 8.37. The molecule has 356 valence electrons. The molecule has 0 aromatic heterocycles. The smallest absolute Gasteiger partial charge is 0.338 e. The van der Waals surface area contributed by atoms with E-state index in [0.29, 0.717) is 24.1 Å². The van der Waals surface area contributed by atoms with Crippen molar-refractivity contribution in [1.29, 1.82) is 0 Å². The van der Waals surface area contributed by atoms with Gasteiger partial charge < -0.3 is 34.6 Å². The van der Waals surface area contributed by atoms with Gasteiger partial charge in [0.2, 0.25) is 23.6 Å². The quantitative estimate of drug-likeness (QED) is 0.0668. The number of benzene rings is 1. The van der Waals surface area contributed by atoms with Gasteiger partial charge in [-0.25, -0.2) is 4.79 Å². The molecule has 2 rings (SSSR count). The summed E-state index contributed by atoms with van der Waals surface area (Å²) in [5.41, 5.74) is 1.46. The predicted octanol–water partition coefficient (Wildman–Crippen LogP) is 6.48. The molecule has 2 N–H and O–H groups in total. The molecular weight excluding hydrogens is 803 g/mol. The first-order chi connectivity index (χ1) is 29.8. The fourth-order valence-electron chi connectivity index (χ4n) is 8.37. The van der Waals surface area contributed by atoms with Gasteiger partial charge in [-0.15, -0.1) is 0 Å². The van der Waals surface area contributed by atoms with Crippen molar-refractivity contribution >= 4 is 35.4 Å². The van der Waals surface area contributed by atoms with Crippen molar-refractivity contribution in [2.24, 2.45) is 17.8 Å². The minimum absolute atomic E-state index is 0.00197. The van der Waals surface area contributed by atoms with E-state index in [1.54, 1.807) is 55.0 Å². The lowest BCUT2D eigenvalue weighted by molar-refractivity contribution is -0.146. The van der Waals surface area contributed by atoms with Gasteiger partial charge in [0, 0.05) is 33.4 Å². The van der Waals surface area contributed by atoms with Crippen LogP contribution in [0.4, 0.5) is 0 Å². The van der Waals surface area contributed by atoms with Crippen LogP contribution in [-0.2, 0) is 33.4 Å². The van der Waals surface area contributed by atoms with E-state index in [9.17, 15) is 28.8 Å². The van der Waals surface area contributed by atoms with E-state index in [4.69, 9.17) is 14.2 Å². The van der Waals surface area contributed by atoms with Crippen LogP contribution in [0.2, 0.25) is 0 Å². The van der Waals surface area contributed by atoms with Gasteiger partial charge in [-0.2, -0.15) is 0 Å². The van der Waals surface area contributed by atoms with Crippen LogP contribution in [0.1, 0.15) is 129 Å². The highest BCUT2D eigenvalue weighted by atomic mass is 16.5. The molecule has 0 aliphatic carbocycles. The van der Waals surface area contributed by atoms with Crippen molar-refractivity contribution in [2.75, 3.05) is 48.5 Å². The monoisotopic (exact) mass is 884 g/mol. The number of nitrogens with zero attached hydrogens (tertiary/aromatic N) is 3. The molecule has 14 heteroatoms. The number of rotatable bonds is 24. The summed E-state index contributed by atoms with van der Waals surface area (Å²) in [7, 11) is 8.42. The van der Waals surface area contributed by atoms with Crippen molar-refractivity contribution in [2.45, 2.75) is 151 Å². The van der Waals surface area contributed by atoms with Crippen LogP contribution in [0.15, 0.2) is 48.1 Å². The molecule has 14 nitrogen and oxygen atoms in total. The van der Waals surface area contributed by atoms with E-state index in [1.807, 2.05) is 92.6 Å². The normalized spacial score (nSPS) is 18.0. The zero-order chi connectivity index (χ0) is 48.1. The van der Waals surface area contributed by atoms with Gasteiger partial charge in [-0.1, -0.05) is 92.2 Å². The number of nitrogens with one attached hydrogen (secondary N) is 2. The molecule has 1 aromatic carbocycles. The zero-order valence-electron chi connectivity index (χ0n) is 41.3. The van der Waals surface area contributed by atoms with Gasteiger partial charge in [0.1, 0.15) is 6.10 Å². The largest absolute Gasteiger partial charge is 0.452 e. The zero-order valence-corrected chi connectivity index (χ0v) is 41.3. The lowest BCUT2D eigenvalue weighted by Gasteiger charge is -2.39. The number of carbonyl (C=O) groups excluding carboxylic acids is 6. The second-order valence-corrected chi connectivity index (χ2v) is 16.9. The predicted molar refractivity (Wildman–Crippen MR) is 249 cm³/mol. The summed E-state index contributed by atoms with van der Waals surface area (Å²) in [5, 5.41) is 5.87. The summed E-state index contributed by atoms with van der Waals surface area (Å²) in [4.78, 5) is 85.2. The van der Waals surface area contributed by atoms with Crippen molar-refractivity contribution in [3.05, 3.63) is 59.2 Å². The Bertz CT molecular complexity index is 1670. The van der Waals surface area contributed by atoms with Gasteiger partial charge in [-0.3, -0.25) is 28.9 Å². The molecule has 9 unspecified atom stereocenters. The van der Waals surface area contributed by atoms with E-state index in [-0.39, 0.29) is 65.8 Å². The maximum atomic E-state index is 14.2. The average molecular weight is 884 g/mol. The molecule has 4 amide bonds. The van der Waals surface area contributed by atoms with Gasteiger partial charge in [0.25, 0.3) is 0 Å². The van der Waals surface area contributed by atoms with Crippen LogP contribution in [0.5, 0.6) is 0 Å². The highest BCUT2D eigenvalue weighted by Gasteiger charge is 2.42. The van der Waals surface area contributed by atoms with Crippen LogP contribution in [0.3, 0.4) is 0 Å². The summed E-state index contributed by atoms with van der Waals surface area (Å²) >= 11 is 0. The van der Waals surface area contributed by atoms with Gasteiger partial charge >= 0.3 is 5.97 Å². The lowest BCUT2D eigenvalue weighted by atomic mass is 9.90. The number of likely N-dealkylation sites (tertiary alicyclic amines) is 1. The number of allylic oxidation sites excluding steroid dienone is 2. The second kappa shape index (κ2) is 28.4. The number of Topliss-reactive ketones (excluding diaryl/α,β-unsaturated/α-hetero) is 1. The minimum Gasteiger partial charge on any atom is -0.452 e. The molecule has 1 aromatic rings. The maximum Gasteiger partial charge on any atom is 0.338 e. The van der Waals surface area contributed by atoms with E-state index < -0.39 is 48.3 Å². The number of amides is 4.